The van der Waals surface area contributed by atoms with Crippen LogP contribution in [0.5, 0.6) is 0 Å². The van der Waals surface area contributed by atoms with E-state index in [9.17, 15) is 9.59 Å². The summed E-state index contributed by atoms with van der Waals surface area (Å²) in [6, 6.07) is 17.1. The van der Waals surface area contributed by atoms with E-state index in [0.29, 0.717) is 10.4 Å². The van der Waals surface area contributed by atoms with E-state index in [1.807, 2.05) is 48.0 Å². The lowest BCUT2D eigenvalue weighted by atomic mass is 10.0. The molecule has 0 fully saturated rings. The molecule has 2 aromatic heterocycles. The Morgan fingerprint density at radius 3 is 2.67 bits per heavy atom. The SMILES string of the molecule is Cc1ccc2sc(=NC(=O)c3cc4c(ccc5ccccc54)oc3=O)n(C)c2c1C. The molecule has 3 aromatic carbocycles. The van der Waals surface area contributed by atoms with Crippen LogP contribution in [0, 0.1) is 13.8 Å². The molecule has 5 nitrogen and oxygen atoms in total. The molecule has 0 N–H and O–H groups in total. The van der Waals surface area contributed by atoms with Crippen molar-refractivity contribution in [2.75, 3.05) is 0 Å². The van der Waals surface area contributed by atoms with Gasteiger partial charge in [0, 0.05) is 12.4 Å². The van der Waals surface area contributed by atoms with Gasteiger partial charge in [0.25, 0.3) is 5.91 Å². The van der Waals surface area contributed by atoms with Crippen LogP contribution in [0.2, 0.25) is 0 Å². The monoisotopic (exact) mass is 414 g/mol. The van der Waals surface area contributed by atoms with Crippen molar-refractivity contribution in [1.29, 1.82) is 0 Å². The van der Waals surface area contributed by atoms with Crippen molar-refractivity contribution >= 4 is 49.2 Å². The number of nitrogens with zero attached hydrogens (tertiary/aromatic N) is 2. The van der Waals surface area contributed by atoms with Crippen molar-refractivity contribution in [1.82, 2.24) is 4.57 Å². The highest BCUT2D eigenvalue weighted by atomic mass is 32.1. The molecule has 6 heteroatoms. The van der Waals surface area contributed by atoms with E-state index in [2.05, 4.69) is 24.9 Å². The van der Waals surface area contributed by atoms with Crippen molar-refractivity contribution in [3.8, 4) is 0 Å². The Bertz CT molecular complexity index is 1620. The summed E-state index contributed by atoms with van der Waals surface area (Å²) >= 11 is 1.42. The van der Waals surface area contributed by atoms with Crippen LogP contribution in [0.15, 0.2) is 68.8 Å². The molecule has 5 rings (SSSR count). The smallest absolute Gasteiger partial charge is 0.349 e. The number of amides is 1. The molecule has 1 amide bonds. The first-order valence-corrected chi connectivity index (χ1v) is 10.4. The van der Waals surface area contributed by atoms with Gasteiger partial charge in [-0.05, 0) is 53.9 Å². The molecule has 0 saturated heterocycles. The minimum Gasteiger partial charge on any atom is -0.422 e. The molecule has 0 spiro atoms. The van der Waals surface area contributed by atoms with Crippen LogP contribution in [0.1, 0.15) is 21.5 Å². The van der Waals surface area contributed by atoms with Crippen LogP contribution in [0.3, 0.4) is 0 Å². The number of aromatic nitrogens is 1. The Morgan fingerprint density at radius 2 is 1.83 bits per heavy atom. The Labute approximate surface area is 175 Å². The molecule has 0 aliphatic carbocycles. The standard InChI is InChI=1S/C24H18N2O3S/c1-13-8-11-20-21(14(13)2)26(3)24(30-20)25-22(27)18-12-17-16-7-5-4-6-15(16)9-10-19(17)29-23(18)28/h4-12H,1-3H3. The highest BCUT2D eigenvalue weighted by Gasteiger charge is 2.16. The molecule has 0 unspecified atom stereocenters. The van der Waals surface area contributed by atoms with Crippen LogP contribution >= 0.6 is 11.3 Å². The number of benzene rings is 3. The lowest BCUT2D eigenvalue weighted by Gasteiger charge is -2.04. The van der Waals surface area contributed by atoms with Gasteiger partial charge in [-0.15, -0.1) is 0 Å². The molecular formula is C24H18N2O3S. The summed E-state index contributed by atoms with van der Waals surface area (Å²) in [5.41, 5.74) is 3.08. The lowest BCUT2D eigenvalue weighted by molar-refractivity contribution is 0.0994. The van der Waals surface area contributed by atoms with Gasteiger partial charge in [-0.25, -0.2) is 4.79 Å². The summed E-state index contributed by atoms with van der Waals surface area (Å²) < 4.78 is 8.39. The van der Waals surface area contributed by atoms with Gasteiger partial charge in [-0.3, -0.25) is 4.79 Å². The molecule has 2 heterocycles. The van der Waals surface area contributed by atoms with Gasteiger partial charge in [0.1, 0.15) is 11.1 Å². The maximum absolute atomic E-state index is 13.0. The first-order chi connectivity index (χ1) is 14.4. The highest BCUT2D eigenvalue weighted by Crippen LogP contribution is 2.25. The second-order valence-electron chi connectivity index (χ2n) is 7.36. The number of rotatable bonds is 1. The minimum absolute atomic E-state index is 0.0655. The average Bonchev–Trinajstić information content (AvgIpc) is 3.06. The summed E-state index contributed by atoms with van der Waals surface area (Å²) in [7, 11) is 1.88. The number of carbonyl (C=O) groups excluding carboxylic acids is 1. The molecule has 0 bridgehead atoms. The predicted octanol–water partition coefficient (Wildman–Crippen LogP) is 4.86. The van der Waals surface area contributed by atoms with Crippen LogP contribution in [0.4, 0.5) is 0 Å². The maximum atomic E-state index is 13.0. The maximum Gasteiger partial charge on any atom is 0.349 e. The van der Waals surface area contributed by atoms with Crippen molar-refractivity contribution in [3.63, 3.8) is 0 Å². The molecule has 30 heavy (non-hydrogen) atoms. The molecule has 0 atom stereocenters. The summed E-state index contributed by atoms with van der Waals surface area (Å²) in [6.45, 7) is 4.11. The molecule has 5 aromatic rings. The zero-order valence-corrected chi connectivity index (χ0v) is 17.5. The summed E-state index contributed by atoms with van der Waals surface area (Å²) in [5, 5.41) is 2.65. The zero-order chi connectivity index (χ0) is 21.0. The van der Waals surface area contributed by atoms with Crippen molar-refractivity contribution < 1.29 is 9.21 Å². The fourth-order valence-electron chi connectivity index (χ4n) is 3.80. The topological polar surface area (TPSA) is 64.6 Å². The Balaban J connectivity index is 1.72. The molecule has 0 radical (unpaired) electrons. The fraction of sp³-hybridized carbons (Fsp3) is 0.125. The number of hydrogen-bond acceptors (Lipinski definition) is 4. The van der Waals surface area contributed by atoms with E-state index in [4.69, 9.17) is 4.42 Å². The normalized spacial score (nSPS) is 12.3. The van der Waals surface area contributed by atoms with E-state index >= 15 is 0 Å². The number of fused-ring (bicyclic) bond motifs is 4. The third kappa shape index (κ3) is 2.80. The molecule has 0 saturated carbocycles. The van der Waals surface area contributed by atoms with Crippen molar-refractivity contribution in [2.45, 2.75) is 13.8 Å². The van der Waals surface area contributed by atoms with Gasteiger partial charge in [0.05, 0.1) is 10.2 Å². The van der Waals surface area contributed by atoms with Gasteiger partial charge in [0.15, 0.2) is 4.80 Å². The second-order valence-corrected chi connectivity index (χ2v) is 8.37. The first-order valence-electron chi connectivity index (χ1n) is 9.54. The van der Waals surface area contributed by atoms with Gasteiger partial charge in [0.2, 0.25) is 0 Å². The van der Waals surface area contributed by atoms with Crippen molar-refractivity contribution in [2.24, 2.45) is 12.0 Å². The Hall–Kier alpha value is -3.51. The van der Waals surface area contributed by atoms with Crippen LogP contribution in [0.25, 0.3) is 32.0 Å². The van der Waals surface area contributed by atoms with E-state index in [1.165, 1.54) is 16.9 Å². The third-order valence-corrected chi connectivity index (χ3v) is 6.65. The summed E-state index contributed by atoms with van der Waals surface area (Å²) in [4.78, 5) is 30.3. The summed E-state index contributed by atoms with van der Waals surface area (Å²) in [5.74, 6) is -0.602. The van der Waals surface area contributed by atoms with Gasteiger partial charge in [-0.1, -0.05) is 47.7 Å². The Kier molecular flexibility index (Phi) is 4.18. The molecule has 148 valence electrons. The van der Waals surface area contributed by atoms with Crippen LogP contribution < -0.4 is 10.4 Å². The molecule has 0 aliphatic rings. The first kappa shape index (κ1) is 18.5. The highest BCUT2D eigenvalue weighted by molar-refractivity contribution is 7.16. The summed E-state index contributed by atoms with van der Waals surface area (Å²) in [6.07, 6.45) is 0. The fourth-order valence-corrected chi connectivity index (χ4v) is 4.88. The Morgan fingerprint density at radius 1 is 1.03 bits per heavy atom. The molecule has 0 aliphatic heterocycles. The molecular weight excluding hydrogens is 396 g/mol. The van der Waals surface area contributed by atoms with E-state index in [0.717, 1.165) is 31.9 Å². The second kappa shape index (κ2) is 6.78. The largest absolute Gasteiger partial charge is 0.422 e. The minimum atomic E-state index is -0.678. The van der Waals surface area contributed by atoms with Gasteiger partial charge in [-0.2, -0.15) is 4.99 Å². The number of aryl methyl sites for hydroxylation is 3. The number of hydrogen-bond donors (Lipinski definition) is 0. The third-order valence-electron chi connectivity index (χ3n) is 5.56. The predicted molar refractivity (Wildman–Crippen MR) is 120 cm³/mol. The van der Waals surface area contributed by atoms with Crippen LogP contribution in [-0.2, 0) is 7.05 Å². The van der Waals surface area contributed by atoms with Gasteiger partial charge < -0.3 is 8.98 Å². The van der Waals surface area contributed by atoms with Crippen LogP contribution in [-0.4, -0.2) is 10.5 Å². The lowest BCUT2D eigenvalue weighted by Crippen LogP contribution is -2.18. The average molecular weight is 414 g/mol. The van der Waals surface area contributed by atoms with E-state index < -0.39 is 11.5 Å². The van der Waals surface area contributed by atoms with Crippen molar-refractivity contribution in [3.05, 3.63) is 86.5 Å². The van der Waals surface area contributed by atoms with Gasteiger partial charge >= 0.3 is 5.63 Å². The quantitative estimate of drug-likeness (QED) is 0.291. The van der Waals surface area contributed by atoms with E-state index in [-0.39, 0.29) is 5.56 Å². The van der Waals surface area contributed by atoms with E-state index in [1.54, 1.807) is 12.1 Å². The zero-order valence-electron chi connectivity index (χ0n) is 16.7. The number of thiazole rings is 1. The number of carbonyl (C=O) groups is 1.